The highest BCUT2D eigenvalue weighted by Crippen LogP contribution is 2.35. The van der Waals surface area contributed by atoms with Crippen LogP contribution in [0.25, 0.3) is 10.8 Å². The summed E-state index contributed by atoms with van der Waals surface area (Å²) in [7, 11) is 0. The summed E-state index contributed by atoms with van der Waals surface area (Å²) in [6, 6.07) is 16.0. The lowest BCUT2D eigenvalue weighted by Crippen LogP contribution is -2.55. The zero-order valence-electron chi connectivity index (χ0n) is 26.0. The van der Waals surface area contributed by atoms with Crippen molar-refractivity contribution in [1.29, 1.82) is 5.26 Å². The van der Waals surface area contributed by atoms with E-state index in [0.717, 1.165) is 62.6 Å². The van der Waals surface area contributed by atoms with E-state index in [4.69, 9.17) is 19.4 Å². The molecule has 4 aliphatic heterocycles. The van der Waals surface area contributed by atoms with Gasteiger partial charge in [-0.15, -0.1) is 0 Å². The predicted molar refractivity (Wildman–Crippen MR) is 173 cm³/mol. The molecule has 1 amide bonds. The van der Waals surface area contributed by atoms with Crippen LogP contribution in [0, 0.1) is 18.3 Å². The lowest BCUT2D eigenvalue weighted by molar-refractivity contribution is -0.128. The highest BCUT2D eigenvalue weighted by Gasteiger charge is 2.38. The van der Waals surface area contributed by atoms with E-state index in [-0.39, 0.29) is 18.4 Å². The number of morpholine rings is 1. The smallest absolute Gasteiger partial charge is 0.318 e. The van der Waals surface area contributed by atoms with E-state index in [9.17, 15) is 10.1 Å². The van der Waals surface area contributed by atoms with Crippen LogP contribution in [-0.4, -0.2) is 96.3 Å². The first-order valence-corrected chi connectivity index (χ1v) is 16.2. The van der Waals surface area contributed by atoms with Crippen molar-refractivity contribution in [3.8, 4) is 12.1 Å². The molecular weight excluding hydrogens is 566 g/mol. The number of anilines is 2. The minimum Gasteiger partial charge on any atom is -0.463 e. The van der Waals surface area contributed by atoms with Crippen molar-refractivity contribution >= 4 is 28.2 Å². The zero-order chi connectivity index (χ0) is 30.9. The maximum absolute atomic E-state index is 12.6. The number of carbonyl (C=O) groups excluding carboxylic acids is 1. The van der Waals surface area contributed by atoms with Gasteiger partial charge in [-0.25, -0.2) is 0 Å². The van der Waals surface area contributed by atoms with E-state index in [2.05, 4.69) is 70.7 Å². The third-order valence-electron chi connectivity index (χ3n) is 9.75. The van der Waals surface area contributed by atoms with E-state index < -0.39 is 0 Å². The molecule has 1 unspecified atom stereocenters. The maximum atomic E-state index is 12.6. The summed E-state index contributed by atoms with van der Waals surface area (Å²) in [5, 5.41) is 12.0. The fraction of sp³-hybridized carbons (Fsp3) is 0.486. The standard InChI is InChI=1S/C35H41N7O3/c1-3-33(43)42-15-14-41(20-26(42)9-11-36)34-30-10-13-40(32-18-24(2)17-25-7-4-5-8-29(25)32)22-31(30)37-35(38-34)44-16-6-12-39-21-28-19-27(39)23-45-28/h3-5,7-8,17-18,26-28H,1,6,9-10,12-16,19-23H2,2H3/t26?,27-,28-/m0/s1. The predicted octanol–water partition coefficient (Wildman–Crippen LogP) is 3.86. The van der Waals surface area contributed by atoms with Gasteiger partial charge in [-0.3, -0.25) is 9.69 Å². The molecule has 10 heteroatoms. The second-order valence-corrected chi connectivity index (χ2v) is 12.7. The van der Waals surface area contributed by atoms with Crippen LogP contribution in [0.2, 0.25) is 0 Å². The van der Waals surface area contributed by atoms with Crippen LogP contribution in [-0.2, 0) is 22.5 Å². The normalized spacial score (nSPS) is 22.8. The Morgan fingerprint density at radius 3 is 2.87 bits per heavy atom. The molecule has 2 bridgehead atoms. The molecule has 0 saturated carbocycles. The molecule has 3 saturated heterocycles. The second-order valence-electron chi connectivity index (χ2n) is 12.7. The number of nitriles is 1. The fourth-order valence-corrected chi connectivity index (χ4v) is 7.54. The maximum Gasteiger partial charge on any atom is 0.318 e. The lowest BCUT2D eigenvalue weighted by Gasteiger charge is -2.42. The van der Waals surface area contributed by atoms with E-state index in [1.54, 1.807) is 4.90 Å². The molecule has 0 aliphatic carbocycles. The molecule has 3 aromatic rings. The lowest BCUT2D eigenvalue weighted by atomic mass is 10.00. The molecule has 10 nitrogen and oxygen atoms in total. The van der Waals surface area contributed by atoms with Gasteiger partial charge in [-0.1, -0.05) is 36.9 Å². The van der Waals surface area contributed by atoms with E-state index in [1.807, 2.05) is 0 Å². The van der Waals surface area contributed by atoms with Crippen molar-refractivity contribution in [1.82, 2.24) is 19.8 Å². The van der Waals surface area contributed by atoms with E-state index >= 15 is 0 Å². The number of fused-ring (bicyclic) bond motifs is 4. The fourth-order valence-electron chi connectivity index (χ4n) is 7.54. The monoisotopic (exact) mass is 607 g/mol. The van der Waals surface area contributed by atoms with Crippen LogP contribution in [0.15, 0.2) is 49.1 Å². The summed E-state index contributed by atoms with van der Waals surface area (Å²) >= 11 is 0. The van der Waals surface area contributed by atoms with Crippen LogP contribution < -0.4 is 14.5 Å². The first-order valence-electron chi connectivity index (χ1n) is 16.2. The van der Waals surface area contributed by atoms with Gasteiger partial charge in [0.25, 0.3) is 0 Å². The minimum atomic E-state index is -0.234. The van der Waals surface area contributed by atoms with Crippen LogP contribution in [0.4, 0.5) is 11.5 Å². The molecule has 0 spiro atoms. The van der Waals surface area contributed by atoms with Gasteiger partial charge in [0.05, 0.1) is 50.1 Å². The number of hydrogen-bond acceptors (Lipinski definition) is 9. The Hall–Kier alpha value is -4.20. The number of hydrogen-bond donors (Lipinski definition) is 0. The van der Waals surface area contributed by atoms with Crippen molar-refractivity contribution in [2.24, 2.45) is 0 Å². The quantitative estimate of drug-likeness (QED) is 0.265. The molecule has 2 aromatic carbocycles. The van der Waals surface area contributed by atoms with Gasteiger partial charge in [0.2, 0.25) is 5.91 Å². The third-order valence-corrected chi connectivity index (χ3v) is 9.75. The average Bonchev–Trinajstić information content (AvgIpc) is 3.69. The summed E-state index contributed by atoms with van der Waals surface area (Å²) in [5.74, 6) is 0.730. The zero-order valence-corrected chi connectivity index (χ0v) is 26.0. The number of aryl methyl sites for hydroxylation is 1. The Morgan fingerprint density at radius 2 is 2.07 bits per heavy atom. The van der Waals surface area contributed by atoms with E-state index in [0.29, 0.717) is 50.9 Å². The van der Waals surface area contributed by atoms with Gasteiger partial charge in [0.1, 0.15) is 5.82 Å². The van der Waals surface area contributed by atoms with Crippen molar-refractivity contribution in [2.45, 2.75) is 57.3 Å². The Kier molecular flexibility index (Phi) is 8.30. The molecule has 5 heterocycles. The number of rotatable bonds is 9. The van der Waals surface area contributed by atoms with Crippen molar-refractivity contribution in [3.63, 3.8) is 0 Å². The number of nitrogens with zero attached hydrogens (tertiary/aromatic N) is 7. The van der Waals surface area contributed by atoms with Gasteiger partial charge in [0, 0.05) is 61.9 Å². The minimum absolute atomic E-state index is 0.137. The highest BCUT2D eigenvalue weighted by molar-refractivity contribution is 5.95. The van der Waals surface area contributed by atoms with Gasteiger partial charge in [-0.2, -0.15) is 15.2 Å². The molecule has 45 heavy (non-hydrogen) atoms. The Balaban J connectivity index is 1.15. The number of aromatic nitrogens is 2. The molecule has 3 atom stereocenters. The van der Waals surface area contributed by atoms with E-state index in [1.165, 1.54) is 28.1 Å². The summed E-state index contributed by atoms with van der Waals surface area (Å²) < 4.78 is 12.0. The summed E-state index contributed by atoms with van der Waals surface area (Å²) in [5.41, 5.74) is 4.55. The Bertz CT molecular complexity index is 1640. The van der Waals surface area contributed by atoms with Crippen molar-refractivity contribution in [2.75, 3.05) is 62.3 Å². The topological polar surface area (TPSA) is 98.1 Å². The first-order chi connectivity index (χ1) is 22.0. The largest absolute Gasteiger partial charge is 0.463 e. The number of benzene rings is 2. The highest BCUT2D eigenvalue weighted by atomic mass is 16.5. The number of amides is 1. The van der Waals surface area contributed by atoms with Crippen LogP contribution in [0.5, 0.6) is 6.01 Å². The third kappa shape index (κ3) is 5.95. The molecule has 7 rings (SSSR count). The Labute approximate surface area is 264 Å². The van der Waals surface area contributed by atoms with Crippen LogP contribution in [0.1, 0.15) is 36.1 Å². The molecule has 0 radical (unpaired) electrons. The van der Waals surface area contributed by atoms with Crippen LogP contribution in [0.3, 0.4) is 0 Å². The number of likely N-dealkylation sites (tertiary alicyclic amines) is 1. The molecule has 1 aromatic heterocycles. The summed E-state index contributed by atoms with van der Waals surface area (Å²) in [6.07, 6.45) is 4.81. The van der Waals surface area contributed by atoms with Crippen LogP contribution >= 0.6 is 0 Å². The molecule has 0 N–H and O–H groups in total. The molecular formula is C35H41N7O3. The summed E-state index contributed by atoms with van der Waals surface area (Å²) in [4.78, 5) is 31.5. The van der Waals surface area contributed by atoms with Gasteiger partial charge >= 0.3 is 6.01 Å². The Morgan fingerprint density at radius 1 is 1.18 bits per heavy atom. The van der Waals surface area contributed by atoms with Crippen molar-refractivity contribution < 1.29 is 14.3 Å². The van der Waals surface area contributed by atoms with Crippen molar-refractivity contribution in [3.05, 3.63) is 65.9 Å². The van der Waals surface area contributed by atoms with Gasteiger partial charge in [0.15, 0.2) is 0 Å². The molecule has 3 fully saturated rings. The summed E-state index contributed by atoms with van der Waals surface area (Å²) in [6.45, 7) is 12.3. The number of ether oxygens (including phenoxy) is 2. The van der Waals surface area contributed by atoms with Gasteiger partial charge in [-0.05, 0) is 49.3 Å². The van der Waals surface area contributed by atoms with Gasteiger partial charge < -0.3 is 24.2 Å². The first kappa shape index (κ1) is 29.5. The number of carbonyl (C=O) groups is 1. The SMILES string of the molecule is C=CC(=O)N1CCN(c2nc(OCCCN3C[C@@H]4C[C@H]3CO4)nc3c2CCN(c2cc(C)cc4ccccc24)C3)CC1CC#N. The second kappa shape index (κ2) is 12.7. The number of piperazine rings is 1. The molecule has 234 valence electrons. The average molecular weight is 608 g/mol. The molecule has 4 aliphatic rings.